The molecule has 0 unspecified atom stereocenters. The summed E-state index contributed by atoms with van der Waals surface area (Å²) in [5, 5.41) is 9.33. The van der Waals surface area contributed by atoms with Crippen molar-refractivity contribution in [2.24, 2.45) is 5.92 Å². The molecule has 26 heavy (non-hydrogen) atoms. The molecule has 1 aliphatic heterocycles. The Morgan fingerprint density at radius 1 is 1.35 bits per heavy atom. The van der Waals surface area contributed by atoms with E-state index in [0.29, 0.717) is 30.1 Å². The highest BCUT2D eigenvalue weighted by molar-refractivity contribution is 6.31. The lowest BCUT2D eigenvalue weighted by molar-refractivity contribution is -0.138. The van der Waals surface area contributed by atoms with Crippen LogP contribution in [0.2, 0.25) is 5.02 Å². The molecule has 1 saturated heterocycles. The second kappa shape index (κ2) is 7.92. The number of carboxylic acids is 1. The summed E-state index contributed by atoms with van der Waals surface area (Å²) in [5.74, 6) is -1.45. The summed E-state index contributed by atoms with van der Waals surface area (Å²) in [6.07, 6.45) is 3.12. The Morgan fingerprint density at radius 3 is 2.81 bits per heavy atom. The van der Waals surface area contributed by atoms with Gasteiger partial charge in [0, 0.05) is 41.6 Å². The lowest BCUT2D eigenvalue weighted by atomic mass is 10.1. The van der Waals surface area contributed by atoms with Crippen LogP contribution in [0.1, 0.15) is 37.2 Å². The summed E-state index contributed by atoms with van der Waals surface area (Å²) in [7, 11) is 1.81. The van der Waals surface area contributed by atoms with Gasteiger partial charge in [-0.25, -0.2) is 4.39 Å². The molecular formula is C19H24ClFN2O3. The first kappa shape index (κ1) is 19.1. The molecule has 0 aromatic heterocycles. The summed E-state index contributed by atoms with van der Waals surface area (Å²) in [6, 6.07) is 4.79. The minimum Gasteiger partial charge on any atom is -0.480 e. The zero-order valence-electron chi connectivity index (χ0n) is 14.8. The number of halogens is 2. The number of benzene rings is 1. The van der Waals surface area contributed by atoms with Crippen molar-refractivity contribution in [3.05, 3.63) is 34.6 Å². The predicted molar refractivity (Wildman–Crippen MR) is 96.7 cm³/mol. The quantitative estimate of drug-likeness (QED) is 0.850. The van der Waals surface area contributed by atoms with Crippen molar-refractivity contribution in [2.45, 2.75) is 37.6 Å². The summed E-state index contributed by atoms with van der Waals surface area (Å²) < 4.78 is 14.1. The van der Waals surface area contributed by atoms with Crippen molar-refractivity contribution >= 4 is 23.5 Å². The molecule has 1 N–H and O–H groups in total. The molecule has 1 amide bonds. The first-order chi connectivity index (χ1) is 12.4. The van der Waals surface area contributed by atoms with Crippen LogP contribution in [0.3, 0.4) is 0 Å². The zero-order valence-corrected chi connectivity index (χ0v) is 15.6. The molecule has 0 bridgehead atoms. The normalized spacial score (nSPS) is 25.8. The number of carboxylic acid groups (broad SMARTS) is 1. The fourth-order valence-corrected chi connectivity index (χ4v) is 4.27. The lowest BCUT2D eigenvalue weighted by Gasteiger charge is -2.25. The Hall–Kier alpha value is -1.66. The summed E-state index contributed by atoms with van der Waals surface area (Å²) in [5.41, 5.74) is 0.460. The number of carbonyl (C=O) groups excluding carboxylic acids is 1. The number of likely N-dealkylation sites (tertiary alicyclic amines) is 1. The van der Waals surface area contributed by atoms with E-state index in [4.69, 9.17) is 16.7 Å². The third-order valence-electron chi connectivity index (χ3n) is 5.50. The van der Waals surface area contributed by atoms with Gasteiger partial charge in [0.25, 0.3) is 0 Å². The van der Waals surface area contributed by atoms with E-state index >= 15 is 0 Å². The van der Waals surface area contributed by atoms with E-state index in [0.717, 1.165) is 19.3 Å². The van der Waals surface area contributed by atoms with Gasteiger partial charge >= 0.3 is 5.97 Å². The molecule has 0 spiro atoms. The minimum absolute atomic E-state index is 0.00902. The minimum atomic E-state index is -0.840. The van der Waals surface area contributed by atoms with Gasteiger partial charge in [0.05, 0.1) is 6.54 Å². The van der Waals surface area contributed by atoms with Crippen molar-refractivity contribution in [3.63, 3.8) is 0 Å². The van der Waals surface area contributed by atoms with Crippen LogP contribution in [0.25, 0.3) is 0 Å². The van der Waals surface area contributed by atoms with E-state index in [1.807, 2.05) is 16.8 Å². The third-order valence-corrected chi connectivity index (χ3v) is 5.83. The molecular weight excluding hydrogens is 359 g/mol. The molecule has 142 valence electrons. The van der Waals surface area contributed by atoms with Crippen molar-refractivity contribution in [1.29, 1.82) is 0 Å². The van der Waals surface area contributed by atoms with Crippen molar-refractivity contribution in [3.8, 4) is 0 Å². The standard InChI is InChI=1S/C19H24ClFN2O3/c1-22(11-17(24)25)12-4-3-8-23(9-7-12)19(26)14-10-13(14)18-15(20)5-2-6-16(18)21/h2,5-6,12-14H,3-4,7-11H2,1H3,(H,24,25)/t12-,13+,14-/m1/s1. The topological polar surface area (TPSA) is 60.9 Å². The van der Waals surface area contributed by atoms with E-state index in [-0.39, 0.29) is 36.1 Å². The van der Waals surface area contributed by atoms with Crippen LogP contribution in [0.15, 0.2) is 18.2 Å². The van der Waals surface area contributed by atoms with Crippen molar-refractivity contribution < 1.29 is 19.1 Å². The molecule has 2 aliphatic rings. The van der Waals surface area contributed by atoms with E-state index in [1.54, 1.807) is 12.1 Å². The summed E-state index contributed by atoms with van der Waals surface area (Å²) >= 11 is 6.12. The van der Waals surface area contributed by atoms with Crippen LogP contribution < -0.4 is 0 Å². The average Bonchev–Trinajstić information content (AvgIpc) is 3.36. The predicted octanol–water partition coefficient (Wildman–Crippen LogP) is 2.98. The average molecular weight is 383 g/mol. The van der Waals surface area contributed by atoms with Crippen LogP contribution in [0.4, 0.5) is 4.39 Å². The van der Waals surface area contributed by atoms with Crippen LogP contribution in [0, 0.1) is 11.7 Å². The molecule has 1 aromatic carbocycles. The number of hydrogen-bond acceptors (Lipinski definition) is 3. The summed E-state index contributed by atoms with van der Waals surface area (Å²) in [6.45, 7) is 1.29. The fourth-order valence-electron chi connectivity index (χ4n) is 3.97. The van der Waals surface area contributed by atoms with Gasteiger partial charge in [-0.05, 0) is 44.9 Å². The lowest BCUT2D eigenvalue weighted by Crippen LogP contribution is -2.37. The van der Waals surface area contributed by atoms with Crippen LogP contribution in [-0.2, 0) is 9.59 Å². The molecule has 7 heteroatoms. The van der Waals surface area contributed by atoms with Crippen LogP contribution in [-0.4, -0.2) is 59.5 Å². The SMILES string of the molecule is CN(CC(=O)O)[C@@H]1CCCN(C(=O)[C@@H]2C[C@@H]2c2c(F)cccc2Cl)CC1. The molecule has 1 heterocycles. The van der Waals surface area contributed by atoms with Crippen LogP contribution in [0.5, 0.6) is 0 Å². The number of aliphatic carboxylic acids is 1. The molecule has 5 nitrogen and oxygen atoms in total. The number of hydrogen-bond donors (Lipinski definition) is 1. The van der Waals surface area contributed by atoms with Gasteiger partial charge in [-0.2, -0.15) is 0 Å². The smallest absolute Gasteiger partial charge is 0.317 e. The van der Waals surface area contributed by atoms with Gasteiger partial charge in [-0.15, -0.1) is 0 Å². The number of amides is 1. The Balaban J connectivity index is 1.59. The van der Waals surface area contributed by atoms with Crippen molar-refractivity contribution in [1.82, 2.24) is 9.80 Å². The van der Waals surface area contributed by atoms with Crippen LogP contribution >= 0.6 is 11.6 Å². The molecule has 0 radical (unpaired) electrons. The highest BCUT2D eigenvalue weighted by atomic mass is 35.5. The Labute approximate surface area is 157 Å². The van der Waals surface area contributed by atoms with E-state index in [2.05, 4.69) is 0 Å². The third kappa shape index (κ3) is 4.18. The highest BCUT2D eigenvalue weighted by Crippen LogP contribution is 2.51. The highest BCUT2D eigenvalue weighted by Gasteiger charge is 2.47. The maximum atomic E-state index is 14.1. The monoisotopic (exact) mass is 382 g/mol. The van der Waals surface area contributed by atoms with Gasteiger partial charge < -0.3 is 10.0 Å². The first-order valence-corrected chi connectivity index (χ1v) is 9.41. The van der Waals surface area contributed by atoms with Crippen molar-refractivity contribution in [2.75, 3.05) is 26.7 Å². The van der Waals surface area contributed by atoms with E-state index in [1.165, 1.54) is 6.07 Å². The molecule has 1 aliphatic carbocycles. The van der Waals surface area contributed by atoms with Gasteiger partial charge in [0.1, 0.15) is 5.82 Å². The molecule has 1 saturated carbocycles. The summed E-state index contributed by atoms with van der Waals surface area (Å²) in [4.78, 5) is 27.4. The van der Waals surface area contributed by atoms with Gasteiger partial charge in [0.15, 0.2) is 0 Å². The van der Waals surface area contributed by atoms with Gasteiger partial charge in [-0.3, -0.25) is 14.5 Å². The van der Waals surface area contributed by atoms with Gasteiger partial charge in [-0.1, -0.05) is 17.7 Å². The number of likely N-dealkylation sites (N-methyl/N-ethyl adjacent to an activating group) is 1. The zero-order chi connectivity index (χ0) is 18.8. The Kier molecular flexibility index (Phi) is 5.82. The largest absolute Gasteiger partial charge is 0.480 e. The maximum absolute atomic E-state index is 14.1. The maximum Gasteiger partial charge on any atom is 0.317 e. The molecule has 3 rings (SSSR count). The number of rotatable bonds is 5. The second-order valence-corrected chi connectivity index (χ2v) is 7.71. The van der Waals surface area contributed by atoms with E-state index in [9.17, 15) is 14.0 Å². The fraction of sp³-hybridized carbons (Fsp3) is 0.579. The van der Waals surface area contributed by atoms with Gasteiger partial charge in [0.2, 0.25) is 5.91 Å². The first-order valence-electron chi connectivity index (χ1n) is 9.03. The van der Waals surface area contributed by atoms with E-state index < -0.39 is 5.97 Å². The Morgan fingerprint density at radius 2 is 2.12 bits per heavy atom. The molecule has 3 atom stereocenters. The number of carbonyl (C=O) groups is 2. The molecule has 2 fully saturated rings. The second-order valence-electron chi connectivity index (χ2n) is 7.30. The number of nitrogens with zero attached hydrogens (tertiary/aromatic N) is 2. The molecule has 1 aromatic rings. The Bertz CT molecular complexity index is 679.